The Morgan fingerprint density at radius 1 is 1.04 bits per heavy atom. The third-order valence-corrected chi connectivity index (χ3v) is 10.1. The van der Waals surface area contributed by atoms with Crippen molar-refractivity contribution >= 4 is 63.3 Å². The Labute approximate surface area is 264 Å². The maximum atomic E-state index is 13.6. The second-order valence-corrected chi connectivity index (χ2v) is 15.6. The predicted octanol–water partition coefficient (Wildman–Crippen LogP) is 4.88. The van der Waals surface area contributed by atoms with Crippen LogP contribution in [0.4, 0.5) is 28.8 Å². The second-order valence-electron chi connectivity index (χ2n) is 12.4. The highest BCUT2D eigenvalue weighted by Gasteiger charge is 2.49. The summed E-state index contributed by atoms with van der Waals surface area (Å²) in [6, 6.07) is 9.77. The van der Waals surface area contributed by atoms with Gasteiger partial charge in [0.1, 0.15) is 29.9 Å². The monoisotopic (exact) mass is 636 g/mol. The molecular formula is C32H33N10O3P. The lowest BCUT2D eigenvalue weighted by Crippen LogP contribution is -2.66. The molecule has 14 heteroatoms. The summed E-state index contributed by atoms with van der Waals surface area (Å²) in [7, 11) is 0.790. The minimum Gasteiger partial charge on any atom is -0.494 e. The lowest BCUT2D eigenvalue weighted by atomic mass is 9.77. The van der Waals surface area contributed by atoms with Crippen LogP contribution in [0.2, 0.25) is 0 Å². The summed E-state index contributed by atoms with van der Waals surface area (Å²) in [4.78, 5) is 24.2. The van der Waals surface area contributed by atoms with Crippen LogP contribution in [-0.4, -0.2) is 81.4 Å². The Morgan fingerprint density at radius 3 is 2.59 bits per heavy atom. The molecule has 3 N–H and O–H groups in total. The summed E-state index contributed by atoms with van der Waals surface area (Å²) in [5.41, 5.74) is 6.61. The van der Waals surface area contributed by atoms with E-state index in [4.69, 9.17) is 19.4 Å². The molecule has 234 valence electrons. The number of aryl methyl sites for hydroxylation is 1. The highest BCUT2D eigenvalue weighted by atomic mass is 31.2. The van der Waals surface area contributed by atoms with Gasteiger partial charge in [0.15, 0.2) is 0 Å². The Hall–Kier alpha value is -5.00. The maximum absolute atomic E-state index is 13.6. The van der Waals surface area contributed by atoms with Gasteiger partial charge in [-0.15, -0.1) is 0 Å². The molecule has 4 aromatic heterocycles. The number of benzene rings is 2. The fraction of sp³-hybridized carbons (Fsp3) is 0.281. The number of aromatic amines is 1. The van der Waals surface area contributed by atoms with Crippen molar-refractivity contribution in [3.05, 3.63) is 61.3 Å². The van der Waals surface area contributed by atoms with E-state index in [2.05, 4.69) is 47.7 Å². The quantitative estimate of drug-likeness (QED) is 0.196. The number of hydrogen-bond donors (Lipinski definition) is 3. The SMILES string of the molecule is COc1cc(N2CC3(COC3)C2)c(-c2cnn(C)c2)cc1Nc1nc(Nc2ccc3nccnc3c2P(C)(C)=O)c2cc[nH]c2n1. The van der Waals surface area contributed by atoms with Crippen molar-refractivity contribution in [3.63, 3.8) is 0 Å². The van der Waals surface area contributed by atoms with E-state index in [1.54, 1.807) is 37.5 Å². The average Bonchev–Trinajstić information content (AvgIpc) is 3.64. The summed E-state index contributed by atoms with van der Waals surface area (Å²) in [6.45, 7) is 6.94. The van der Waals surface area contributed by atoms with Gasteiger partial charge in [-0.1, -0.05) is 0 Å². The number of rotatable bonds is 8. The van der Waals surface area contributed by atoms with Crippen LogP contribution < -0.4 is 25.6 Å². The lowest BCUT2D eigenvalue weighted by molar-refractivity contribution is -0.127. The van der Waals surface area contributed by atoms with Gasteiger partial charge < -0.3 is 34.6 Å². The molecule has 13 nitrogen and oxygen atoms in total. The molecule has 2 fully saturated rings. The molecule has 6 aromatic rings. The van der Waals surface area contributed by atoms with Crippen molar-refractivity contribution in [2.45, 2.75) is 0 Å². The molecule has 6 heterocycles. The number of methoxy groups -OCH3 is 1. The van der Waals surface area contributed by atoms with Crippen LogP contribution in [0.3, 0.4) is 0 Å². The molecule has 0 unspecified atom stereocenters. The van der Waals surface area contributed by atoms with E-state index in [0.29, 0.717) is 50.9 Å². The fourth-order valence-electron chi connectivity index (χ4n) is 6.40. The predicted molar refractivity (Wildman–Crippen MR) is 180 cm³/mol. The third-order valence-electron chi connectivity index (χ3n) is 8.61. The molecule has 0 atom stereocenters. The van der Waals surface area contributed by atoms with Crippen molar-refractivity contribution in [2.75, 3.05) is 62.3 Å². The summed E-state index contributed by atoms with van der Waals surface area (Å²) in [5.74, 6) is 1.56. The third kappa shape index (κ3) is 4.83. The van der Waals surface area contributed by atoms with Crippen LogP contribution in [0.15, 0.2) is 61.3 Å². The second kappa shape index (κ2) is 10.5. The van der Waals surface area contributed by atoms with Gasteiger partial charge in [-0.25, -0.2) is 0 Å². The first-order chi connectivity index (χ1) is 22.2. The van der Waals surface area contributed by atoms with Crippen molar-refractivity contribution in [1.82, 2.24) is 34.7 Å². The smallest absolute Gasteiger partial charge is 0.231 e. The van der Waals surface area contributed by atoms with E-state index >= 15 is 0 Å². The molecule has 2 aliphatic heterocycles. The molecule has 1 spiro atoms. The first-order valence-electron chi connectivity index (χ1n) is 14.9. The first kappa shape index (κ1) is 28.5. The molecule has 0 radical (unpaired) electrons. The normalized spacial score (nSPS) is 15.6. The number of hydrogen-bond acceptors (Lipinski definition) is 11. The fourth-order valence-corrected chi connectivity index (χ4v) is 7.80. The Balaban J connectivity index is 1.19. The summed E-state index contributed by atoms with van der Waals surface area (Å²) >= 11 is 0. The van der Waals surface area contributed by atoms with Gasteiger partial charge in [-0.2, -0.15) is 15.1 Å². The van der Waals surface area contributed by atoms with Gasteiger partial charge in [0.2, 0.25) is 5.95 Å². The van der Waals surface area contributed by atoms with Crippen LogP contribution in [0.5, 0.6) is 5.75 Å². The zero-order chi connectivity index (χ0) is 31.6. The van der Waals surface area contributed by atoms with Crippen molar-refractivity contribution in [2.24, 2.45) is 12.5 Å². The minimum atomic E-state index is -2.78. The van der Waals surface area contributed by atoms with Gasteiger partial charge in [0, 0.05) is 67.8 Å². The number of aromatic nitrogens is 7. The molecular weight excluding hydrogens is 603 g/mol. The van der Waals surface area contributed by atoms with E-state index < -0.39 is 7.14 Å². The van der Waals surface area contributed by atoms with E-state index in [1.807, 2.05) is 43.8 Å². The van der Waals surface area contributed by atoms with Gasteiger partial charge >= 0.3 is 0 Å². The van der Waals surface area contributed by atoms with E-state index in [-0.39, 0.29) is 5.41 Å². The van der Waals surface area contributed by atoms with Crippen molar-refractivity contribution in [3.8, 4) is 16.9 Å². The molecule has 0 aliphatic carbocycles. The number of fused-ring (bicyclic) bond motifs is 2. The zero-order valence-corrected chi connectivity index (χ0v) is 26.8. The van der Waals surface area contributed by atoms with Gasteiger partial charge in [0.05, 0.1) is 59.5 Å². The van der Waals surface area contributed by atoms with Crippen LogP contribution in [0.1, 0.15) is 0 Å². The van der Waals surface area contributed by atoms with E-state index in [1.165, 1.54) is 0 Å². The van der Waals surface area contributed by atoms with Gasteiger partial charge in [-0.05, 0) is 37.6 Å². The number of anilines is 5. The molecule has 2 aliphatic rings. The molecule has 0 saturated carbocycles. The highest BCUT2D eigenvalue weighted by molar-refractivity contribution is 7.71. The van der Waals surface area contributed by atoms with Crippen LogP contribution >= 0.6 is 7.14 Å². The lowest BCUT2D eigenvalue weighted by Gasteiger charge is -2.56. The van der Waals surface area contributed by atoms with Crippen LogP contribution in [-0.2, 0) is 16.3 Å². The molecule has 46 heavy (non-hydrogen) atoms. The van der Waals surface area contributed by atoms with Crippen molar-refractivity contribution < 1.29 is 14.0 Å². The summed E-state index contributed by atoms with van der Waals surface area (Å²) in [6.07, 6.45) is 8.93. The Bertz CT molecular complexity index is 2180. The molecule has 8 rings (SSSR count). The summed E-state index contributed by atoms with van der Waals surface area (Å²) in [5, 5.41) is 12.7. The van der Waals surface area contributed by atoms with E-state index in [0.717, 1.165) is 48.5 Å². The number of H-pyrrole nitrogens is 1. The molecule has 0 bridgehead atoms. The van der Waals surface area contributed by atoms with E-state index in [9.17, 15) is 4.57 Å². The highest BCUT2D eigenvalue weighted by Crippen LogP contribution is 2.47. The van der Waals surface area contributed by atoms with Gasteiger partial charge in [-0.3, -0.25) is 14.6 Å². The summed E-state index contributed by atoms with van der Waals surface area (Å²) < 4.78 is 26.8. The van der Waals surface area contributed by atoms with Crippen LogP contribution in [0, 0.1) is 5.41 Å². The number of nitrogens with zero attached hydrogens (tertiary/aromatic N) is 7. The molecule has 0 amide bonds. The van der Waals surface area contributed by atoms with Crippen LogP contribution in [0.25, 0.3) is 33.2 Å². The molecule has 2 saturated heterocycles. The minimum absolute atomic E-state index is 0.250. The standard InChI is InChI=1S/C32H33N10O3P/c1-41-14-19(13-36-41)21-11-24(26(44-2)12-25(21)42-15-32(16-42)17-45-18-32)38-31-39-29-20(7-8-35-29)30(40-31)37-23-6-5-22-27(34-10-9-33-22)28(23)46(3,4)43/h5-14H,15-18H2,1-4H3,(H3,35,37,38,39,40). The zero-order valence-electron chi connectivity index (χ0n) is 25.9. The Morgan fingerprint density at radius 2 is 1.87 bits per heavy atom. The maximum Gasteiger partial charge on any atom is 0.231 e. The first-order valence-corrected chi connectivity index (χ1v) is 17.5. The average molecular weight is 637 g/mol. The topological polar surface area (TPSA) is 148 Å². The largest absolute Gasteiger partial charge is 0.494 e. The Kier molecular flexibility index (Phi) is 6.52. The number of ether oxygens (including phenoxy) is 2. The number of nitrogens with one attached hydrogen (secondary N) is 3. The van der Waals surface area contributed by atoms with Crippen molar-refractivity contribution in [1.29, 1.82) is 0 Å². The van der Waals surface area contributed by atoms with Gasteiger partial charge in [0.25, 0.3) is 0 Å². The molecule has 2 aromatic carbocycles.